The smallest absolute Gasteiger partial charge is 0.321 e. The van der Waals surface area contributed by atoms with E-state index in [1.54, 1.807) is 11.9 Å². The number of amides is 1. The third-order valence-corrected chi connectivity index (χ3v) is 3.37. The fourth-order valence-electron chi connectivity index (χ4n) is 1.11. The van der Waals surface area contributed by atoms with Crippen molar-refractivity contribution in [1.82, 2.24) is 4.90 Å². The van der Waals surface area contributed by atoms with Crippen molar-refractivity contribution < 1.29 is 14.7 Å². The van der Waals surface area contributed by atoms with Gasteiger partial charge in [-0.25, -0.2) is 0 Å². The van der Waals surface area contributed by atoms with Crippen molar-refractivity contribution in [2.45, 2.75) is 24.9 Å². The topological polar surface area (TPSA) is 83.6 Å². The Morgan fingerprint density at radius 3 is 2.67 bits per heavy atom. The molecule has 0 saturated heterocycles. The number of thioether (sulfide) groups is 1. The Balaban J connectivity index is 2.13. The fourth-order valence-corrected chi connectivity index (χ4v) is 2.00. The van der Waals surface area contributed by atoms with Gasteiger partial charge in [0.05, 0.1) is 5.75 Å². The van der Waals surface area contributed by atoms with E-state index in [1.807, 2.05) is 0 Å². The van der Waals surface area contributed by atoms with Gasteiger partial charge in [-0.1, -0.05) is 0 Å². The molecular weight excluding hydrogens is 216 g/mol. The molecular formula is C9H16N2O3S. The van der Waals surface area contributed by atoms with Crippen molar-refractivity contribution in [3.63, 3.8) is 0 Å². The normalized spacial score (nSPS) is 17.2. The Hall–Kier alpha value is -0.750. The van der Waals surface area contributed by atoms with E-state index in [4.69, 9.17) is 10.8 Å². The van der Waals surface area contributed by atoms with Gasteiger partial charge in [0.1, 0.15) is 6.04 Å². The molecule has 86 valence electrons. The number of nitrogens with zero attached hydrogens (tertiary/aromatic N) is 1. The zero-order chi connectivity index (χ0) is 11.4. The van der Waals surface area contributed by atoms with Crippen molar-refractivity contribution in [2.75, 3.05) is 18.6 Å². The molecule has 0 aromatic heterocycles. The molecule has 1 saturated carbocycles. The van der Waals surface area contributed by atoms with Crippen LogP contribution in [0.15, 0.2) is 0 Å². The van der Waals surface area contributed by atoms with Gasteiger partial charge in [0.15, 0.2) is 0 Å². The molecule has 0 bridgehead atoms. The van der Waals surface area contributed by atoms with Gasteiger partial charge in [-0.05, 0) is 12.8 Å². The minimum atomic E-state index is -1.02. The summed E-state index contributed by atoms with van der Waals surface area (Å²) in [6.07, 6.45) is 2.17. The standard InChI is InChI=1S/C9H16N2O3S/c1-11(6-2-3-6)8(12)5-15-4-7(10)9(13)14/h6-7H,2-5,10H2,1H3,(H,13,14). The number of nitrogens with two attached hydrogens (primary N) is 1. The maximum atomic E-state index is 11.5. The summed E-state index contributed by atoms with van der Waals surface area (Å²) in [5.41, 5.74) is 5.31. The Bertz CT molecular complexity index is 256. The molecule has 0 aliphatic heterocycles. The van der Waals surface area contributed by atoms with E-state index in [0.717, 1.165) is 12.8 Å². The van der Waals surface area contributed by atoms with Crippen molar-refractivity contribution in [3.8, 4) is 0 Å². The second-order valence-corrected chi connectivity index (χ2v) is 4.73. The van der Waals surface area contributed by atoms with Crippen LogP contribution in [0.25, 0.3) is 0 Å². The number of carboxylic acids is 1. The molecule has 0 radical (unpaired) electrons. The molecule has 1 aliphatic carbocycles. The number of carboxylic acid groups (broad SMARTS) is 1. The molecule has 3 N–H and O–H groups in total. The number of hydrogen-bond donors (Lipinski definition) is 2. The largest absolute Gasteiger partial charge is 0.480 e. The van der Waals surface area contributed by atoms with Crippen molar-refractivity contribution in [2.24, 2.45) is 5.73 Å². The Morgan fingerprint density at radius 1 is 1.60 bits per heavy atom. The highest BCUT2D eigenvalue weighted by molar-refractivity contribution is 8.00. The van der Waals surface area contributed by atoms with Crippen LogP contribution in [0, 0.1) is 0 Å². The van der Waals surface area contributed by atoms with Crippen LogP contribution in [-0.4, -0.2) is 52.5 Å². The van der Waals surface area contributed by atoms with Gasteiger partial charge in [-0.3, -0.25) is 9.59 Å². The van der Waals surface area contributed by atoms with Crippen LogP contribution in [0.1, 0.15) is 12.8 Å². The van der Waals surface area contributed by atoms with Crippen LogP contribution in [0.2, 0.25) is 0 Å². The highest BCUT2D eigenvalue weighted by Gasteiger charge is 2.29. The highest BCUT2D eigenvalue weighted by Crippen LogP contribution is 2.25. The molecule has 0 aromatic rings. The second-order valence-electron chi connectivity index (χ2n) is 3.70. The minimum Gasteiger partial charge on any atom is -0.480 e. The van der Waals surface area contributed by atoms with E-state index in [0.29, 0.717) is 11.8 Å². The van der Waals surface area contributed by atoms with Gasteiger partial charge in [-0.15, -0.1) is 11.8 Å². The zero-order valence-electron chi connectivity index (χ0n) is 8.68. The summed E-state index contributed by atoms with van der Waals surface area (Å²) in [5.74, 6) is -0.376. The summed E-state index contributed by atoms with van der Waals surface area (Å²) in [5, 5.41) is 8.52. The number of aliphatic carboxylic acids is 1. The first-order valence-corrected chi connectivity index (χ1v) is 5.99. The monoisotopic (exact) mass is 232 g/mol. The van der Waals surface area contributed by atoms with Gasteiger partial charge in [0.25, 0.3) is 0 Å². The SMILES string of the molecule is CN(C(=O)CSCC(N)C(=O)O)C1CC1. The molecule has 5 nitrogen and oxygen atoms in total. The van der Waals surface area contributed by atoms with E-state index in [1.165, 1.54) is 11.8 Å². The molecule has 1 amide bonds. The molecule has 15 heavy (non-hydrogen) atoms. The summed E-state index contributed by atoms with van der Waals surface area (Å²) < 4.78 is 0. The molecule has 0 spiro atoms. The summed E-state index contributed by atoms with van der Waals surface area (Å²) in [7, 11) is 1.79. The summed E-state index contributed by atoms with van der Waals surface area (Å²) in [6.45, 7) is 0. The fraction of sp³-hybridized carbons (Fsp3) is 0.778. The molecule has 0 aromatic carbocycles. The summed E-state index contributed by atoms with van der Waals surface area (Å²) in [4.78, 5) is 23.6. The van der Waals surface area contributed by atoms with E-state index >= 15 is 0 Å². The van der Waals surface area contributed by atoms with Crippen LogP contribution < -0.4 is 5.73 Å². The van der Waals surface area contributed by atoms with Crippen LogP contribution >= 0.6 is 11.8 Å². The van der Waals surface area contributed by atoms with Crippen molar-refractivity contribution in [1.29, 1.82) is 0 Å². The lowest BCUT2D eigenvalue weighted by Gasteiger charge is -2.16. The molecule has 0 heterocycles. The van der Waals surface area contributed by atoms with Crippen LogP contribution in [0.3, 0.4) is 0 Å². The van der Waals surface area contributed by atoms with Gasteiger partial charge in [-0.2, -0.15) is 0 Å². The van der Waals surface area contributed by atoms with Gasteiger partial charge < -0.3 is 15.7 Å². The predicted molar refractivity (Wildman–Crippen MR) is 58.7 cm³/mol. The van der Waals surface area contributed by atoms with E-state index in [2.05, 4.69) is 0 Å². The van der Waals surface area contributed by atoms with E-state index < -0.39 is 12.0 Å². The van der Waals surface area contributed by atoms with E-state index in [-0.39, 0.29) is 11.7 Å². The molecule has 1 fully saturated rings. The van der Waals surface area contributed by atoms with Crippen molar-refractivity contribution in [3.05, 3.63) is 0 Å². The number of rotatable bonds is 6. The lowest BCUT2D eigenvalue weighted by atomic mass is 10.4. The van der Waals surface area contributed by atoms with Gasteiger partial charge in [0, 0.05) is 18.8 Å². The maximum Gasteiger partial charge on any atom is 0.321 e. The average Bonchev–Trinajstić information content (AvgIpc) is 2.99. The Morgan fingerprint density at radius 2 is 2.20 bits per heavy atom. The summed E-state index contributed by atoms with van der Waals surface area (Å²) >= 11 is 1.27. The first kappa shape index (κ1) is 12.3. The Labute approximate surface area is 93.0 Å². The van der Waals surface area contributed by atoms with E-state index in [9.17, 15) is 9.59 Å². The number of hydrogen-bond acceptors (Lipinski definition) is 4. The summed E-state index contributed by atoms with van der Waals surface area (Å²) in [6, 6.07) is -0.472. The number of carbonyl (C=O) groups excluding carboxylic acids is 1. The minimum absolute atomic E-state index is 0.0556. The molecule has 1 rings (SSSR count). The first-order valence-electron chi connectivity index (χ1n) is 4.84. The Kier molecular flexibility index (Phi) is 4.41. The molecule has 1 atom stereocenters. The first-order chi connectivity index (χ1) is 7.02. The third-order valence-electron chi connectivity index (χ3n) is 2.33. The second kappa shape index (κ2) is 5.37. The number of carbonyl (C=O) groups is 2. The molecule has 6 heteroatoms. The molecule has 1 unspecified atom stereocenters. The lowest BCUT2D eigenvalue weighted by molar-refractivity contribution is -0.138. The lowest BCUT2D eigenvalue weighted by Crippen LogP contribution is -2.34. The van der Waals surface area contributed by atoms with Gasteiger partial charge in [0.2, 0.25) is 5.91 Å². The van der Waals surface area contributed by atoms with Gasteiger partial charge >= 0.3 is 5.97 Å². The predicted octanol–water partition coefficient (Wildman–Crippen LogP) is -0.248. The quantitative estimate of drug-likeness (QED) is 0.660. The van der Waals surface area contributed by atoms with Crippen molar-refractivity contribution >= 4 is 23.6 Å². The maximum absolute atomic E-state index is 11.5. The average molecular weight is 232 g/mol. The van der Waals surface area contributed by atoms with Crippen LogP contribution in [0.5, 0.6) is 0 Å². The van der Waals surface area contributed by atoms with Crippen LogP contribution in [-0.2, 0) is 9.59 Å². The highest BCUT2D eigenvalue weighted by atomic mass is 32.2. The van der Waals surface area contributed by atoms with Crippen LogP contribution in [0.4, 0.5) is 0 Å². The zero-order valence-corrected chi connectivity index (χ0v) is 9.50. The molecule has 1 aliphatic rings. The third kappa shape index (κ3) is 4.09.